The largest absolute Gasteiger partial charge is 0.573 e. The van der Waals surface area contributed by atoms with E-state index in [-0.39, 0.29) is 11.5 Å². The molecule has 1 heterocycles. The first-order chi connectivity index (χ1) is 13.1. The summed E-state index contributed by atoms with van der Waals surface area (Å²) in [4.78, 5) is 4.08. The summed E-state index contributed by atoms with van der Waals surface area (Å²) in [5, 5.41) is 0. The highest BCUT2D eigenvalue weighted by atomic mass is 19.4. The molecule has 0 bridgehead atoms. The third kappa shape index (κ3) is 5.38. The Balaban J connectivity index is 1.80. The van der Waals surface area contributed by atoms with Crippen LogP contribution in [-0.2, 0) is 0 Å². The Kier molecular flexibility index (Phi) is 5.17. The van der Waals surface area contributed by atoms with Gasteiger partial charge in [0, 0.05) is 23.5 Å². The van der Waals surface area contributed by atoms with Crippen molar-refractivity contribution in [3.8, 4) is 33.8 Å². The van der Waals surface area contributed by atoms with Gasteiger partial charge in [-0.25, -0.2) is 0 Å². The van der Waals surface area contributed by atoms with Crippen molar-refractivity contribution < 1.29 is 35.8 Å². The lowest BCUT2D eigenvalue weighted by atomic mass is 10.0. The molecule has 0 aliphatic carbocycles. The maximum Gasteiger partial charge on any atom is 0.573 e. The molecule has 0 spiro atoms. The highest BCUT2D eigenvalue weighted by Gasteiger charge is 2.31. The first-order valence-electron chi connectivity index (χ1n) is 7.76. The molecule has 0 amide bonds. The fraction of sp³-hybridized carbons (Fsp3) is 0.105. The van der Waals surface area contributed by atoms with Gasteiger partial charge in [0.05, 0.1) is 0 Å². The van der Waals surface area contributed by atoms with Gasteiger partial charge < -0.3 is 9.47 Å². The highest BCUT2D eigenvalue weighted by Crippen LogP contribution is 2.30. The third-order valence-corrected chi connectivity index (χ3v) is 3.58. The molecule has 3 aromatic rings. The van der Waals surface area contributed by atoms with Gasteiger partial charge in [-0.2, -0.15) is 0 Å². The number of halogens is 6. The van der Waals surface area contributed by atoms with Crippen LogP contribution in [0.2, 0.25) is 0 Å². The molecular formula is C19H11F6NO2. The topological polar surface area (TPSA) is 31.4 Å². The highest BCUT2D eigenvalue weighted by molar-refractivity contribution is 5.72. The minimum absolute atomic E-state index is 0.347. The maximum atomic E-state index is 12.2. The van der Waals surface area contributed by atoms with E-state index >= 15 is 0 Å². The van der Waals surface area contributed by atoms with Crippen LogP contribution in [0.25, 0.3) is 22.3 Å². The van der Waals surface area contributed by atoms with Crippen LogP contribution in [0.15, 0.2) is 67.0 Å². The molecule has 0 unspecified atom stereocenters. The van der Waals surface area contributed by atoms with Gasteiger partial charge in [0.15, 0.2) is 0 Å². The van der Waals surface area contributed by atoms with E-state index in [2.05, 4.69) is 14.5 Å². The van der Waals surface area contributed by atoms with E-state index in [9.17, 15) is 26.3 Å². The van der Waals surface area contributed by atoms with Crippen LogP contribution in [0.4, 0.5) is 26.3 Å². The fourth-order valence-corrected chi connectivity index (χ4v) is 2.45. The van der Waals surface area contributed by atoms with Gasteiger partial charge in [-0.15, -0.1) is 26.3 Å². The number of aromatic nitrogens is 1. The van der Waals surface area contributed by atoms with Crippen molar-refractivity contribution in [3.05, 3.63) is 67.0 Å². The molecule has 0 aliphatic heterocycles. The van der Waals surface area contributed by atoms with Crippen LogP contribution in [0.5, 0.6) is 11.5 Å². The number of hydrogen-bond acceptors (Lipinski definition) is 3. The van der Waals surface area contributed by atoms with E-state index in [0.29, 0.717) is 22.3 Å². The first kappa shape index (κ1) is 19.5. The van der Waals surface area contributed by atoms with Gasteiger partial charge in [-0.3, -0.25) is 4.98 Å². The summed E-state index contributed by atoms with van der Waals surface area (Å²) in [6, 6.07) is 12.2. The standard InChI is InChI=1S/C19H11F6NO2/c20-18(21,22)27-16-5-1-12(2-6-16)14-9-15(11-26-10-14)13-3-7-17(8-4-13)28-19(23,24)25/h1-11H. The smallest absolute Gasteiger partial charge is 0.406 e. The Labute approximate surface area is 155 Å². The molecule has 0 N–H and O–H groups in total. The second-order valence-corrected chi connectivity index (χ2v) is 5.61. The number of hydrogen-bond donors (Lipinski definition) is 0. The first-order valence-corrected chi connectivity index (χ1v) is 7.76. The van der Waals surface area contributed by atoms with Gasteiger partial charge in [-0.1, -0.05) is 24.3 Å². The lowest BCUT2D eigenvalue weighted by Gasteiger charge is -2.10. The van der Waals surface area contributed by atoms with E-state index < -0.39 is 12.7 Å². The fourth-order valence-electron chi connectivity index (χ4n) is 2.45. The zero-order valence-corrected chi connectivity index (χ0v) is 13.9. The quantitative estimate of drug-likeness (QED) is 0.489. The van der Waals surface area contributed by atoms with Crippen LogP contribution >= 0.6 is 0 Å². The Bertz CT molecular complexity index is 860. The van der Waals surface area contributed by atoms with E-state index in [1.54, 1.807) is 6.07 Å². The van der Waals surface area contributed by atoms with Crippen LogP contribution in [-0.4, -0.2) is 17.7 Å². The molecule has 0 atom stereocenters. The molecule has 0 radical (unpaired) electrons. The number of benzene rings is 2. The monoisotopic (exact) mass is 399 g/mol. The molecule has 0 aliphatic rings. The molecule has 3 rings (SSSR count). The van der Waals surface area contributed by atoms with E-state index in [0.717, 1.165) is 0 Å². The SMILES string of the molecule is FC(F)(F)Oc1ccc(-c2cncc(-c3ccc(OC(F)(F)F)cc3)c2)cc1. The van der Waals surface area contributed by atoms with Crippen molar-refractivity contribution in [2.24, 2.45) is 0 Å². The number of rotatable bonds is 4. The molecular weight excluding hydrogens is 388 g/mol. The van der Waals surface area contributed by atoms with Crippen LogP contribution in [0.3, 0.4) is 0 Å². The molecule has 0 fully saturated rings. The molecule has 0 saturated carbocycles. The summed E-state index contributed by atoms with van der Waals surface area (Å²) in [6.45, 7) is 0. The third-order valence-electron chi connectivity index (χ3n) is 3.58. The zero-order chi connectivity index (χ0) is 20.4. The van der Waals surface area contributed by atoms with Crippen molar-refractivity contribution >= 4 is 0 Å². The zero-order valence-electron chi connectivity index (χ0n) is 13.9. The minimum Gasteiger partial charge on any atom is -0.406 e. The summed E-state index contributed by atoms with van der Waals surface area (Å²) in [5.41, 5.74) is 2.43. The lowest BCUT2D eigenvalue weighted by Crippen LogP contribution is -2.16. The van der Waals surface area contributed by atoms with Gasteiger partial charge in [-0.05, 0) is 41.5 Å². The Morgan fingerprint density at radius 3 is 1.21 bits per heavy atom. The van der Waals surface area contributed by atoms with Gasteiger partial charge in [0.2, 0.25) is 0 Å². The summed E-state index contributed by atoms with van der Waals surface area (Å²) in [5.74, 6) is -0.693. The minimum atomic E-state index is -4.77. The predicted octanol–water partition coefficient (Wildman–Crippen LogP) is 6.21. The van der Waals surface area contributed by atoms with Crippen LogP contribution < -0.4 is 9.47 Å². The van der Waals surface area contributed by atoms with Crippen molar-refractivity contribution in [2.75, 3.05) is 0 Å². The molecule has 28 heavy (non-hydrogen) atoms. The second kappa shape index (κ2) is 7.41. The molecule has 146 valence electrons. The average molecular weight is 399 g/mol. The number of nitrogens with zero attached hydrogens (tertiary/aromatic N) is 1. The molecule has 2 aromatic carbocycles. The maximum absolute atomic E-state index is 12.2. The molecule has 1 aromatic heterocycles. The van der Waals surface area contributed by atoms with Crippen LogP contribution in [0, 0.1) is 0 Å². The summed E-state index contributed by atoms with van der Waals surface area (Å²) in [7, 11) is 0. The van der Waals surface area contributed by atoms with Crippen molar-refractivity contribution in [2.45, 2.75) is 12.7 Å². The summed E-state index contributed by atoms with van der Waals surface area (Å²) < 4.78 is 81.0. The number of alkyl halides is 6. The Morgan fingerprint density at radius 1 is 0.536 bits per heavy atom. The Morgan fingerprint density at radius 2 is 0.893 bits per heavy atom. The van der Waals surface area contributed by atoms with Gasteiger partial charge >= 0.3 is 12.7 Å². The van der Waals surface area contributed by atoms with Gasteiger partial charge in [0.1, 0.15) is 11.5 Å². The molecule has 3 nitrogen and oxygen atoms in total. The van der Waals surface area contributed by atoms with E-state index in [1.165, 1.54) is 60.9 Å². The van der Waals surface area contributed by atoms with Crippen LogP contribution in [0.1, 0.15) is 0 Å². The summed E-state index contributed by atoms with van der Waals surface area (Å²) in [6.07, 6.45) is -6.51. The van der Waals surface area contributed by atoms with Crippen molar-refractivity contribution in [1.82, 2.24) is 4.98 Å². The number of ether oxygens (including phenoxy) is 2. The Hall–Kier alpha value is -3.23. The predicted molar refractivity (Wildman–Crippen MR) is 88.5 cm³/mol. The average Bonchev–Trinajstić information content (AvgIpc) is 2.60. The molecule has 9 heteroatoms. The normalized spacial score (nSPS) is 11.9. The van der Waals surface area contributed by atoms with Gasteiger partial charge in [0.25, 0.3) is 0 Å². The molecule has 0 saturated heterocycles. The lowest BCUT2D eigenvalue weighted by molar-refractivity contribution is -0.275. The summed E-state index contributed by atoms with van der Waals surface area (Å²) >= 11 is 0. The van der Waals surface area contributed by atoms with E-state index in [4.69, 9.17) is 0 Å². The second-order valence-electron chi connectivity index (χ2n) is 5.61. The van der Waals surface area contributed by atoms with E-state index in [1.807, 2.05) is 0 Å². The van der Waals surface area contributed by atoms with Crippen molar-refractivity contribution in [3.63, 3.8) is 0 Å². The number of pyridine rings is 1. The van der Waals surface area contributed by atoms with Crippen molar-refractivity contribution in [1.29, 1.82) is 0 Å².